The molecule has 0 aliphatic heterocycles. The second-order valence-corrected chi connectivity index (χ2v) is 4.46. The Morgan fingerprint density at radius 1 is 1.20 bits per heavy atom. The van der Waals surface area contributed by atoms with E-state index in [0.29, 0.717) is 5.92 Å². The van der Waals surface area contributed by atoms with Crippen LogP contribution < -0.4 is 5.32 Å². The number of carboxylic acids is 1. The van der Waals surface area contributed by atoms with Crippen LogP contribution in [0.5, 0.6) is 0 Å². The summed E-state index contributed by atoms with van der Waals surface area (Å²) in [5.74, 6) is 0.0361. The van der Waals surface area contributed by atoms with Crippen LogP contribution in [0.3, 0.4) is 0 Å². The first-order valence-corrected chi connectivity index (χ1v) is 5.36. The molecule has 4 heteroatoms. The molecule has 0 aromatic rings. The average Bonchev–Trinajstić information content (AvgIpc) is 2.76. The van der Waals surface area contributed by atoms with E-state index in [9.17, 15) is 9.59 Å². The van der Waals surface area contributed by atoms with E-state index in [1.165, 1.54) is 19.3 Å². The highest BCUT2D eigenvalue weighted by atomic mass is 16.4. The molecule has 2 aliphatic carbocycles. The van der Waals surface area contributed by atoms with Crippen molar-refractivity contribution < 1.29 is 14.7 Å². The Hall–Kier alpha value is -1.32. The zero-order chi connectivity index (χ0) is 10.8. The Morgan fingerprint density at radius 2 is 2.00 bits per heavy atom. The van der Waals surface area contributed by atoms with Gasteiger partial charge in [0.1, 0.15) is 0 Å². The fourth-order valence-electron chi connectivity index (χ4n) is 2.80. The van der Waals surface area contributed by atoms with Crippen LogP contribution in [0.15, 0.2) is 12.2 Å². The van der Waals surface area contributed by atoms with E-state index in [2.05, 4.69) is 5.32 Å². The van der Waals surface area contributed by atoms with Crippen molar-refractivity contribution in [1.82, 2.24) is 5.32 Å². The summed E-state index contributed by atoms with van der Waals surface area (Å²) < 4.78 is 0. The molecule has 2 fully saturated rings. The van der Waals surface area contributed by atoms with Crippen LogP contribution in [0.1, 0.15) is 25.7 Å². The third-order valence-electron chi connectivity index (χ3n) is 3.44. The molecule has 82 valence electrons. The number of fused-ring (bicyclic) bond motifs is 2. The highest BCUT2D eigenvalue weighted by Gasteiger charge is 2.39. The maximum absolute atomic E-state index is 11.3. The van der Waals surface area contributed by atoms with Crippen molar-refractivity contribution in [3.8, 4) is 0 Å². The van der Waals surface area contributed by atoms with Gasteiger partial charge in [-0.25, -0.2) is 4.79 Å². The van der Waals surface area contributed by atoms with Gasteiger partial charge in [-0.05, 0) is 31.1 Å². The minimum atomic E-state index is -1.09. The van der Waals surface area contributed by atoms with Crippen molar-refractivity contribution in [2.75, 3.05) is 0 Å². The molecule has 2 rings (SSSR count). The van der Waals surface area contributed by atoms with Crippen molar-refractivity contribution in [1.29, 1.82) is 0 Å². The number of carbonyl (C=O) groups is 2. The monoisotopic (exact) mass is 209 g/mol. The zero-order valence-corrected chi connectivity index (χ0v) is 8.48. The van der Waals surface area contributed by atoms with Gasteiger partial charge in [0.25, 0.3) is 0 Å². The Kier molecular flexibility index (Phi) is 2.75. The summed E-state index contributed by atoms with van der Waals surface area (Å²) in [6.07, 6.45) is 6.77. The van der Waals surface area contributed by atoms with Gasteiger partial charge in [-0.15, -0.1) is 0 Å². The Labute approximate surface area is 88.4 Å². The Bertz CT molecular complexity index is 311. The molecule has 0 saturated heterocycles. The van der Waals surface area contributed by atoms with E-state index >= 15 is 0 Å². The fourth-order valence-corrected chi connectivity index (χ4v) is 2.80. The largest absolute Gasteiger partial charge is 0.478 e. The lowest BCUT2D eigenvalue weighted by Crippen LogP contribution is -2.37. The van der Waals surface area contributed by atoms with Crippen LogP contribution in [0, 0.1) is 11.8 Å². The molecule has 0 aromatic carbocycles. The summed E-state index contributed by atoms with van der Waals surface area (Å²) in [5, 5.41) is 11.2. The summed E-state index contributed by atoms with van der Waals surface area (Å²) in [7, 11) is 0. The van der Waals surface area contributed by atoms with E-state index in [1.54, 1.807) is 0 Å². The lowest BCUT2D eigenvalue weighted by Gasteiger charge is -2.21. The third kappa shape index (κ3) is 2.37. The number of carboxylic acid groups (broad SMARTS) is 1. The molecule has 2 bridgehead atoms. The van der Waals surface area contributed by atoms with Gasteiger partial charge in [-0.2, -0.15) is 0 Å². The van der Waals surface area contributed by atoms with Crippen molar-refractivity contribution in [2.24, 2.45) is 11.8 Å². The Balaban J connectivity index is 1.82. The van der Waals surface area contributed by atoms with Gasteiger partial charge < -0.3 is 10.4 Å². The van der Waals surface area contributed by atoms with Crippen molar-refractivity contribution in [3.05, 3.63) is 12.2 Å². The van der Waals surface area contributed by atoms with Gasteiger partial charge in [-0.1, -0.05) is 6.42 Å². The number of hydrogen-bond donors (Lipinski definition) is 2. The van der Waals surface area contributed by atoms with Crippen molar-refractivity contribution in [3.63, 3.8) is 0 Å². The van der Waals surface area contributed by atoms with Gasteiger partial charge >= 0.3 is 5.97 Å². The molecule has 0 spiro atoms. The highest BCUT2D eigenvalue weighted by Crippen LogP contribution is 2.44. The van der Waals surface area contributed by atoms with Crippen LogP contribution in [0.2, 0.25) is 0 Å². The van der Waals surface area contributed by atoms with Crippen LogP contribution in [0.4, 0.5) is 0 Å². The summed E-state index contributed by atoms with van der Waals surface area (Å²) in [6, 6.07) is 0.273. The maximum atomic E-state index is 11.3. The van der Waals surface area contributed by atoms with E-state index in [4.69, 9.17) is 5.11 Å². The Morgan fingerprint density at radius 3 is 2.53 bits per heavy atom. The molecule has 0 aromatic heterocycles. The number of hydrogen-bond acceptors (Lipinski definition) is 2. The summed E-state index contributed by atoms with van der Waals surface area (Å²) in [5.41, 5.74) is 0. The number of nitrogens with one attached hydrogen (secondary N) is 1. The quantitative estimate of drug-likeness (QED) is 0.679. The summed E-state index contributed by atoms with van der Waals surface area (Å²) in [6.45, 7) is 0. The smallest absolute Gasteiger partial charge is 0.328 e. The number of amides is 1. The van der Waals surface area contributed by atoms with E-state index in [-0.39, 0.29) is 11.9 Å². The minimum absolute atomic E-state index is 0.273. The first-order chi connectivity index (χ1) is 7.15. The maximum Gasteiger partial charge on any atom is 0.328 e. The topological polar surface area (TPSA) is 66.4 Å². The first kappa shape index (κ1) is 10.2. The predicted molar refractivity (Wildman–Crippen MR) is 54.2 cm³/mol. The molecule has 2 saturated carbocycles. The van der Waals surface area contributed by atoms with Crippen LogP contribution in [-0.2, 0) is 9.59 Å². The summed E-state index contributed by atoms with van der Waals surface area (Å²) in [4.78, 5) is 21.5. The number of carbonyl (C=O) groups excluding carboxylic acids is 1. The van der Waals surface area contributed by atoms with Crippen molar-refractivity contribution in [2.45, 2.75) is 31.7 Å². The van der Waals surface area contributed by atoms with E-state index < -0.39 is 5.97 Å². The zero-order valence-electron chi connectivity index (χ0n) is 8.48. The molecule has 4 nitrogen and oxygen atoms in total. The first-order valence-electron chi connectivity index (χ1n) is 5.36. The molecule has 15 heavy (non-hydrogen) atoms. The molecule has 0 heterocycles. The molecular formula is C11H15NO3. The molecule has 1 amide bonds. The molecule has 3 atom stereocenters. The molecule has 0 radical (unpaired) electrons. The highest BCUT2D eigenvalue weighted by molar-refractivity contribution is 5.94. The number of rotatable bonds is 3. The van der Waals surface area contributed by atoms with E-state index in [1.807, 2.05) is 0 Å². The molecular weight excluding hydrogens is 194 g/mol. The lowest BCUT2D eigenvalue weighted by molar-refractivity contribution is -0.131. The van der Waals surface area contributed by atoms with Crippen molar-refractivity contribution >= 4 is 11.9 Å². The number of aliphatic carboxylic acids is 1. The fraction of sp³-hybridized carbons (Fsp3) is 0.636. The second kappa shape index (κ2) is 4.04. The van der Waals surface area contributed by atoms with Gasteiger partial charge in [0.15, 0.2) is 0 Å². The third-order valence-corrected chi connectivity index (χ3v) is 3.44. The van der Waals surface area contributed by atoms with Gasteiger partial charge in [0.2, 0.25) is 5.91 Å². The molecule has 2 aliphatic rings. The normalized spacial score (nSPS) is 33.5. The summed E-state index contributed by atoms with van der Waals surface area (Å²) >= 11 is 0. The standard InChI is InChI=1S/C11H15NO3/c13-10(3-4-11(14)15)12-9-6-7-1-2-8(9)5-7/h3-4,7-9H,1-2,5-6H2,(H,12,13)(H,14,15)/b4-3-/t7-,8-,9+/m0/s1. The molecule has 0 unspecified atom stereocenters. The van der Waals surface area contributed by atoms with Gasteiger partial charge in [0, 0.05) is 18.2 Å². The predicted octanol–water partition coefficient (Wildman–Crippen LogP) is 0.932. The van der Waals surface area contributed by atoms with Crippen LogP contribution in [-0.4, -0.2) is 23.0 Å². The minimum Gasteiger partial charge on any atom is -0.478 e. The van der Waals surface area contributed by atoms with E-state index in [0.717, 1.165) is 24.5 Å². The molecule has 2 N–H and O–H groups in total. The SMILES string of the molecule is O=C(O)/C=C\C(=O)N[C@@H]1C[C@H]2CC[C@H]1C2. The van der Waals surface area contributed by atoms with Gasteiger partial charge in [0.05, 0.1) is 0 Å². The second-order valence-electron chi connectivity index (χ2n) is 4.46. The van der Waals surface area contributed by atoms with Crippen LogP contribution >= 0.6 is 0 Å². The average molecular weight is 209 g/mol. The lowest BCUT2D eigenvalue weighted by atomic mass is 9.95. The van der Waals surface area contributed by atoms with Gasteiger partial charge in [-0.3, -0.25) is 4.79 Å². The van der Waals surface area contributed by atoms with Crippen LogP contribution in [0.25, 0.3) is 0 Å².